The van der Waals surface area contributed by atoms with Crippen LogP contribution in [0.3, 0.4) is 0 Å². The van der Waals surface area contributed by atoms with Crippen molar-refractivity contribution in [2.45, 2.75) is 68.3 Å². The van der Waals surface area contributed by atoms with Crippen molar-refractivity contribution >= 4 is 40.2 Å². The average Bonchev–Trinajstić information content (AvgIpc) is 3.28. The van der Waals surface area contributed by atoms with Crippen molar-refractivity contribution in [3.05, 3.63) is 33.6 Å². The van der Waals surface area contributed by atoms with Gasteiger partial charge >= 0.3 is 0 Å². The Balaban J connectivity index is 1.57. The van der Waals surface area contributed by atoms with E-state index in [9.17, 15) is 14.9 Å². The maximum atomic E-state index is 13.2. The van der Waals surface area contributed by atoms with E-state index in [-0.39, 0.29) is 23.3 Å². The Labute approximate surface area is 190 Å². The lowest BCUT2D eigenvalue weighted by Crippen LogP contribution is -2.49. The number of aromatic nitrogens is 2. The van der Waals surface area contributed by atoms with Crippen LogP contribution in [0.4, 0.5) is 0 Å². The molecule has 1 aromatic carbocycles. The second kappa shape index (κ2) is 9.60. The number of carbonyl (C=O) groups excluding carboxylic acids is 1. The van der Waals surface area contributed by atoms with Gasteiger partial charge in [0.2, 0.25) is 5.91 Å². The van der Waals surface area contributed by atoms with Crippen LogP contribution < -0.4 is 10.9 Å². The Bertz CT molecular complexity index is 1070. The number of benzene rings is 1. The third kappa shape index (κ3) is 5.05. The maximum Gasteiger partial charge on any atom is 0.262 e. The summed E-state index contributed by atoms with van der Waals surface area (Å²) < 4.78 is 7.32. The molecule has 4 rings (SSSR count). The Morgan fingerprint density at radius 2 is 2.16 bits per heavy atom. The van der Waals surface area contributed by atoms with E-state index >= 15 is 0 Å². The molecular weight excluding hydrogens is 436 g/mol. The van der Waals surface area contributed by atoms with Crippen molar-refractivity contribution < 1.29 is 9.53 Å². The van der Waals surface area contributed by atoms with Crippen LogP contribution in [0.5, 0.6) is 0 Å². The summed E-state index contributed by atoms with van der Waals surface area (Å²) in [7, 11) is 0. The highest BCUT2D eigenvalue weighted by atomic mass is 35.5. The van der Waals surface area contributed by atoms with Crippen LogP contribution in [0.1, 0.15) is 44.9 Å². The maximum absolute atomic E-state index is 13.2. The van der Waals surface area contributed by atoms with Crippen LogP contribution in [0.2, 0.25) is 5.02 Å². The first kappa shape index (κ1) is 22.1. The minimum absolute atomic E-state index is 0.0403. The number of rotatable bonds is 6. The summed E-state index contributed by atoms with van der Waals surface area (Å²) in [6.45, 7) is 1.09. The van der Waals surface area contributed by atoms with Gasteiger partial charge in [0, 0.05) is 11.6 Å². The van der Waals surface area contributed by atoms with E-state index in [0.717, 1.165) is 32.1 Å². The second-order valence-electron chi connectivity index (χ2n) is 8.20. The molecule has 0 spiro atoms. The first-order valence-corrected chi connectivity index (χ1v) is 12.0. The molecule has 1 amide bonds. The molecule has 1 aliphatic carbocycles. The van der Waals surface area contributed by atoms with E-state index in [1.165, 1.54) is 11.8 Å². The lowest BCUT2D eigenvalue weighted by atomic mass is 9.83. The average molecular weight is 461 g/mol. The van der Waals surface area contributed by atoms with Gasteiger partial charge in [0.1, 0.15) is 5.54 Å². The van der Waals surface area contributed by atoms with Crippen LogP contribution in [0.15, 0.2) is 28.2 Å². The van der Waals surface area contributed by atoms with E-state index in [4.69, 9.17) is 16.3 Å². The lowest BCUT2D eigenvalue weighted by molar-refractivity contribution is -0.120. The molecule has 1 atom stereocenters. The van der Waals surface area contributed by atoms with Crippen molar-refractivity contribution in [1.82, 2.24) is 14.9 Å². The zero-order valence-corrected chi connectivity index (χ0v) is 18.8. The number of fused-ring (bicyclic) bond motifs is 1. The highest BCUT2D eigenvalue weighted by molar-refractivity contribution is 7.99. The highest BCUT2D eigenvalue weighted by Gasteiger charge is 2.33. The molecule has 164 valence electrons. The van der Waals surface area contributed by atoms with E-state index < -0.39 is 5.54 Å². The zero-order valence-electron chi connectivity index (χ0n) is 17.2. The number of carbonyl (C=O) groups is 1. The van der Waals surface area contributed by atoms with Gasteiger partial charge in [0.25, 0.3) is 5.56 Å². The minimum Gasteiger partial charge on any atom is -0.376 e. The summed E-state index contributed by atoms with van der Waals surface area (Å²) in [5, 5.41) is 14.0. The number of hydrogen-bond acceptors (Lipinski definition) is 6. The first-order chi connectivity index (χ1) is 15.0. The summed E-state index contributed by atoms with van der Waals surface area (Å²) in [6.07, 6.45) is 6.14. The Morgan fingerprint density at radius 1 is 1.35 bits per heavy atom. The monoisotopic (exact) mass is 460 g/mol. The van der Waals surface area contributed by atoms with Gasteiger partial charge in [-0.3, -0.25) is 14.2 Å². The Hall–Kier alpha value is -2.08. The molecular formula is C22H25ClN4O3S. The number of ether oxygens (including phenoxy) is 1. The number of nitriles is 1. The number of thioether (sulfide) groups is 1. The highest BCUT2D eigenvalue weighted by Crippen LogP contribution is 2.28. The van der Waals surface area contributed by atoms with Gasteiger partial charge in [-0.1, -0.05) is 42.6 Å². The number of nitrogens with zero attached hydrogens (tertiary/aromatic N) is 3. The number of amides is 1. The van der Waals surface area contributed by atoms with E-state index in [1.54, 1.807) is 22.8 Å². The Morgan fingerprint density at radius 3 is 2.87 bits per heavy atom. The van der Waals surface area contributed by atoms with Crippen molar-refractivity contribution in [3.8, 4) is 6.07 Å². The summed E-state index contributed by atoms with van der Waals surface area (Å²) in [5.74, 6) is -0.148. The van der Waals surface area contributed by atoms with Gasteiger partial charge in [-0.25, -0.2) is 4.98 Å². The van der Waals surface area contributed by atoms with Crippen LogP contribution >= 0.6 is 23.4 Å². The number of halogens is 1. The quantitative estimate of drug-likeness (QED) is 0.522. The van der Waals surface area contributed by atoms with Crippen LogP contribution in [-0.4, -0.2) is 39.5 Å². The Kier molecular flexibility index (Phi) is 6.85. The molecule has 1 aliphatic heterocycles. The summed E-state index contributed by atoms with van der Waals surface area (Å²) >= 11 is 7.30. The fraction of sp³-hybridized carbons (Fsp3) is 0.545. The standard InChI is InChI=1S/C22H25ClN4O3S/c23-15-6-7-17-18(11-15)25-21(27(20(17)29)12-16-5-4-10-30-16)31-13-19(28)26-22(14-24)8-2-1-3-9-22/h6-7,11,16H,1-5,8-10,12-13H2,(H,26,28). The van der Waals surface area contributed by atoms with Crippen LogP contribution in [0, 0.1) is 11.3 Å². The van der Waals surface area contributed by atoms with E-state index in [2.05, 4.69) is 16.4 Å². The van der Waals surface area contributed by atoms with Gasteiger partial charge in [-0.15, -0.1) is 0 Å². The zero-order chi connectivity index (χ0) is 21.8. The molecule has 7 nitrogen and oxygen atoms in total. The third-order valence-electron chi connectivity index (χ3n) is 5.92. The van der Waals surface area contributed by atoms with Crippen molar-refractivity contribution in [2.75, 3.05) is 12.4 Å². The van der Waals surface area contributed by atoms with Crippen molar-refractivity contribution in [1.29, 1.82) is 5.26 Å². The molecule has 2 aromatic rings. The molecule has 1 saturated heterocycles. The molecule has 1 N–H and O–H groups in total. The third-order valence-corrected chi connectivity index (χ3v) is 7.14. The second-order valence-corrected chi connectivity index (χ2v) is 9.58. The van der Waals surface area contributed by atoms with Gasteiger partial charge < -0.3 is 10.1 Å². The summed E-state index contributed by atoms with van der Waals surface area (Å²) in [4.78, 5) is 30.5. The van der Waals surface area contributed by atoms with E-state index in [0.29, 0.717) is 47.1 Å². The molecule has 2 aliphatic rings. The molecule has 2 fully saturated rings. The fourth-order valence-corrected chi connectivity index (χ4v) is 5.27. The topological polar surface area (TPSA) is 97.0 Å². The summed E-state index contributed by atoms with van der Waals surface area (Å²) in [5.41, 5.74) is -0.442. The molecule has 0 radical (unpaired) electrons. The first-order valence-electron chi connectivity index (χ1n) is 10.7. The summed E-state index contributed by atoms with van der Waals surface area (Å²) in [6, 6.07) is 7.32. The van der Waals surface area contributed by atoms with Crippen LogP contribution in [0.25, 0.3) is 10.9 Å². The normalized spacial score (nSPS) is 20.5. The minimum atomic E-state index is -0.780. The lowest BCUT2D eigenvalue weighted by Gasteiger charge is -2.31. The van der Waals surface area contributed by atoms with E-state index in [1.807, 2.05) is 0 Å². The van der Waals surface area contributed by atoms with Gasteiger partial charge in [0.15, 0.2) is 5.16 Å². The van der Waals surface area contributed by atoms with Gasteiger partial charge in [0.05, 0.1) is 35.4 Å². The predicted molar refractivity (Wildman–Crippen MR) is 120 cm³/mol. The van der Waals surface area contributed by atoms with Gasteiger partial charge in [-0.2, -0.15) is 5.26 Å². The predicted octanol–water partition coefficient (Wildman–Crippen LogP) is 3.66. The van der Waals surface area contributed by atoms with Crippen molar-refractivity contribution in [3.63, 3.8) is 0 Å². The SMILES string of the molecule is N#CC1(NC(=O)CSc2nc3cc(Cl)ccc3c(=O)n2CC2CCCO2)CCCCC1. The van der Waals surface area contributed by atoms with Crippen LogP contribution in [-0.2, 0) is 16.1 Å². The fourth-order valence-electron chi connectivity index (χ4n) is 4.29. The number of nitrogens with one attached hydrogen (secondary N) is 1. The van der Waals surface area contributed by atoms with Crippen molar-refractivity contribution in [2.24, 2.45) is 0 Å². The smallest absolute Gasteiger partial charge is 0.262 e. The molecule has 9 heteroatoms. The largest absolute Gasteiger partial charge is 0.376 e. The molecule has 1 unspecified atom stereocenters. The van der Waals surface area contributed by atoms with Gasteiger partial charge in [-0.05, 0) is 43.9 Å². The molecule has 1 aromatic heterocycles. The molecule has 2 heterocycles. The number of hydrogen-bond donors (Lipinski definition) is 1. The molecule has 31 heavy (non-hydrogen) atoms. The molecule has 1 saturated carbocycles. The molecule has 0 bridgehead atoms.